The van der Waals surface area contributed by atoms with E-state index in [1.54, 1.807) is 6.92 Å². The fourth-order valence-electron chi connectivity index (χ4n) is 1.11. The Morgan fingerprint density at radius 2 is 1.88 bits per heavy atom. The number of hydrogen-bond donors (Lipinski definition) is 1. The van der Waals surface area contributed by atoms with Gasteiger partial charge in [-0.2, -0.15) is 0 Å². The Morgan fingerprint density at radius 3 is 2.31 bits per heavy atom. The Labute approximate surface area is 98.9 Å². The molecule has 0 fully saturated rings. The van der Waals surface area contributed by atoms with Crippen LogP contribution in [0.25, 0.3) is 0 Å². The molecule has 0 heterocycles. The van der Waals surface area contributed by atoms with Crippen molar-refractivity contribution in [2.75, 3.05) is 18.1 Å². The number of aliphatic hydroxyl groups is 1. The molecule has 0 aromatic heterocycles. The van der Waals surface area contributed by atoms with Gasteiger partial charge in [0.2, 0.25) is 0 Å². The Morgan fingerprint density at radius 1 is 1.31 bits per heavy atom. The lowest BCUT2D eigenvalue weighted by molar-refractivity contribution is -0.0504. The van der Waals surface area contributed by atoms with E-state index in [9.17, 15) is 13.5 Å². The second kappa shape index (κ2) is 6.57. The molecule has 0 aliphatic rings. The summed E-state index contributed by atoms with van der Waals surface area (Å²) < 4.78 is 27.8. The summed E-state index contributed by atoms with van der Waals surface area (Å²) in [5, 5.41) is 9.56. The third-order valence-corrected chi connectivity index (χ3v) is 3.93. The first-order valence-electron chi connectivity index (χ1n) is 5.69. The second-order valence-corrected chi connectivity index (χ2v) is 7.43. The Balaban J connectivity index is 3.71. The minimum Gasteiger partial charge on any atom is -0.391 e. The summed E-state index contributed by atoms with van der Waals surface area (Å²) in [7, 11) is -2.91. The van der Waals surface area contributed by atoms with Gasteiger partial charge in [-0.25, -0.2) is 8.42 Å². The molecule has 1 unspecified atom stereocenters. The van der Waals surface area contributed by atoms with Crippen LogP contribution in [0.15, 0.2) is 0 Å². The molecule has 0 saturated carbocycles. The maximum absolute atomic E-state index is 11.2. The molecule has 0 amide bonds. The van der Waals surface area contributed by atoms with Crippen LogP contribution < -0.4 is 0 Å². The number of rotatable bonds is 7. The third-order valence-electron chi connectivity index (χ3n) is 2.14. The second-order valence-electron chi connectivity index (χ2n) is 4.96. The molecule has 0 aliphatic heterocycles. The highest BCUT2D eigenvalue weighted by Gasteiger charge is 2.14. The van der Waals surface area contributed by atoms with E-state index >= 15 is 0 Å². The van der Waals surface area contributed by atoms with Crippen LogP contribution in [0.4, 0.5) is 0 Å². The highest BCUT2D eigenvalue weighted by atomic mass is 32.2. The zero-order valence-corrected chi connectivity index (χ0v) is 11.5. The average molecular weight is 252 g/mol. The van der Waals surface area contributed by atoms with Gasteiger partial charge in [0, 0.05) is 5.75 Å². The first-order valence-corrected chi connectivity index (χ1v) is 7.51. The van der Waals surface area contributed by atoms with E-state index in [0.717, 1.165) is 0 Å². The monoisotopic (exact) mass is 252 g/mol. The predicted molar refractivity (Wildman–Crippen MR) is 65.3 cm³/mol. The van der Waals surface area contributed by atoms with Crippen molar-refractivity contribution in [1.29, 1.82) is 0 Å². The first kappa shape index (κ1) is 15.9. The lowest BCUT2D eigenvalue weighted by atomic mass is 10.2. The van der Waals surface area contributed by atoms with Crippen molar-refractivity contribution in [1.82, 2.24) is 0 Å². The standard InChI is InChI=1S/C11H24O4S/c1-5-16(13,14)8-6-7-10(12)9-15-11(2,3)4/h10,12H,5-9H2,1-4H3. The maximum atomic E-state index is 11.2. The van der Waals surface area contributed by atoms with Crippen LogP contribution in [0.5, 0.6) is 0 Å². The van der Waals surface area contributed by atoms with Gasteiger partial charge in [0.1, 0.15) is 9.84 Å². The molecule has 0 aliphatic carbocycles. The zero-order valence-electron chi connectivity index (χ0n) is 10.7. The number of sulfone groups is 1. The molecule has 1 N–H and O–H groups in total. The van der Waals surface area contributed by atoms with Crippen molar-refractivity contribution in [3.05, 3.63) is 0 Å². The summed E-state index contributed by atoms with van der Waals surface area (Å²) in [4.78, 5) is 0. The van der Waals surface area contributed by atoms with Gasteiger partial charge in [-0.1, -0.05) is 6.92 Å². The van der Waals surface area contributed by atoms with E-state index < -0.39 is 15.9 Å². The van der Waals surface area contributed by atoms with E-state index in [-0.39, 0.29) is 23.7 Å². The minimum absolute atomic E-state index is 0.149. The first-order chi connectivity index (χ1) is 7.16. The van der Waals surface area contributed by atoms with Crippen molar-refractivity contribution in [2.45, 2.75) is 52.2 Å². The van der Waals surface area contributed by atoms with Crippen molar-refractivity contribution in [3.8, 4) is 0 Å². The fraction of sp³-hybridized carbons (Fsp3) is 1.00. The van der Waals surface area contributed by atoms with Crippen LogP contribution in [-0.4, -0.2) is 43.3 Å². The molecule has 5 heteroatoms. The Kier molecular flexibility index (Phi) is 6.51. The molecular weight excluding hydrogens is 228 g/mol. The van der Waals surface area contributed by atoms with E-state index in [1.807, 2.05) is 20.8 Å². The van der Waals surface area contributed by atoms with Gasteiger partial charge < -0.3 is 9.84 Å². The average Bonchev–Trinajstić information content (AvgIpc) is 2.13. The van der Waals surface area contributed by atoms with E-state index in [2.05, 4.69) is 0 Å². The lowest BCUT2D eigenvalue weighted by Gasteiger charge is -2.21. The van der Waals surface area contributed by atoms with Gasteiger partial charge >= 0.3 is 0 Å². The van der Waals surface area contributed by atoms with E-state index in [1.165, 1.54) is 0 Å². The zero-order chi connectivity index (χ0) is 12.8. The van der Waals surface area contributed by atoms with Crippen LogP contribution in [0, 0.1) is 0 Å². The van der Waals surface area contributed by atoms with Crippen LogP contribution in [0.3, 0.4) is 0 Å². The predicted octanol–water partition coefficient (Wildman–Crippen LogP) is 1.38. The molecule has 0 aromatic rings. The summed E-state index contributed by atoms with van der Waals surface area (Å²) in [6.07, 6.45) is 0.381. The summed E-state index contributed by atoms with van der Waals surface area (Å²) >= 11 is 0. The largest absolute Gasteiger partial charge is 0.391 e. The molecule has 16 heavy (non-hydrogen) atoms. The van der Waals surface area contributed by atoms with E-state index in [4.69, 9.17) is 4.74 Å². The van der Waals surface area contributed by atoms with Gasteiger partial charge in [-0.3, -0.25) is 0 Å². The van der Waals surface area contributed by atoms with Crippen LogP contribution in [0.2, 0.25) is 0 Å². The topological polar surface area (TPSA) is 63.6 Å². The molecule has 1 atom stereocenters. The summed E-state index contributed by atoms with van der Waals surface area (Å²) in [6.45, 7) is 7.65. The SMILES string of the molecule is CCS(=O)(=O)CCCC(O)COC(C)(C)C. The van der Waals surface area contributed by atoms with Gasteiger partial charge in [0.25, 0.3) is 0 Å². The molecule has 0 spiro atoms. The summed E-state index contributed by atoms with van der Waals surface area (Å²) in [6, 6.07) is 0. The molecule has 0 rings (SSSR count). The van der Waals surface area contributed by atoms with Crippen molar-refractivity contribution in [2.24, 2.45) is 0 Å². The van der Waals surface area contributed by atoms with Gasteiger partial charge in [-0.15, -0.1) is 0 Å². The normalized spacial score (nSPS) is 15.1. The smallest absolute Gasteiger partial charge is 0.150 e. The van der Waals surface area contributed by atoms with Gasteiger partial charge in [-0.05, 0) is 33.6 Å². The summed E-state index contributed by atoms with van der Waals surface area (Å²) in [5.41, 5.74) is -0.267. The van der Waals surface area contributed by atoms with Crippen LogP contribution in [0.1, 0.15) is 40.5 Å². The molecular formula is C11H24O4S. The number of hydrogen-bond acceptors (Lipinski definition) is 4. The van der Waals surface area contributed by atoms with Crippen LogP contribution >= 0.6 is 0 Å². The summed E-state index contributed by atoms with van der Waals surface area (Å²) in [5.74, 6) is 0.317. The third kappa shape index (κ3) is 9.12. The van der Waals surface area contributed by atoms with Crippen molar-refractivity contribution in [3.63, 3.8) is 0 Å². The number of ether oxygens (including phenoxy) is 1. The number of aliphatic hydroxyl groups excluding tert-OH is 1. The maximum Gasteiger partial charge on any atom is 0.150 e. The lowest BCUT2D eigenvalue weighted by Crippen LogP contribution is -2.26. The van der Waals surface area contributed by atoms with Crippen molar-refractivity contribution < 1.29 is 18.3 Å². The van der Waals surface area contributed by atoms with Crippen LogP contribution in [-0.2, 0) is 14.6 Å². The quantitative estimate of drug-likeness (QED) is 0.743. The van der Waals surface area contributed by atoms with E-state index in [0.29, 0.717) is 12.8 Å². The highest BCUT2D eigenvalue weighted by molar-refractivity contribution is 7.91. The highest BCUT2D eigenvalue weighted by Crippen LogP contribution is 2.09. The molecule has 0 aromatic carbocycles. The molecule has 98 valence electrons. The molecule has 0 radical (unpaired) electrons. The van der Waals surface area contributed by atoms with Gasteiger partial charge in [0.15, 0.2) is 0 Å². The molecule has 4 nitrogen and oxygen atoms in total. The Bertz CT molecular complexity index is 277. The minimum atomic E-state index is -2.91. The molecule has 0 bridgehead atoms. The van der Waals surface area contributed by atoms with Crippen molar-refractivity contribution >= 4 is 9.84 Å². The molecule has 0 saturated heterocycles. The Hall–Kier alpha value is -0.130. The fourth-order valence-corrected chi connectivity index (χ4v) is 2.01. The van der Waals surface area contributed by atoms with Gasteiger partial charge in [0.05, 0.1) is 24.1 Å².